The number of hydrogen-bond donors (Lipinski definition) is 1. The van der Waals surface area contributed by atoms with E-state index >= 15 is 0 Å². The highest BCUT2D eigenvalue weighted by atomic mass is 19.1. The molecule has 2 rings (SSSR count). The lowest BCUT2D eigenvalue weighted by molar-refractivity contribution is 0.0238. The highest BCUT2D eigenvalue weighted by molar-refractivity contribution is 5.94. The molecule has 1 aromatic carbocycles. The predicted octanol–water partition coefficient (Wildman–Crippen LogP) is 2.68. The van der Waals surface area contributed by atoms with Crippen LogP contribution in [0.15, 0.2) is 18.2 Å². The molecular formula is C15H20FNO2. The number of aryl methyl sites for hydroxylation is 1. The molecule has 1 heterocycles. The van der Waals surface area contributed by atoms with Crippen molar-refractivity contribution in [3.63, 3.8) is 0 Å². The van der Waals surface area contributed by atoms with Gasteiger partial charge in [0.1, 0.15) is 5.82 Å². The monoisotopic (exact) mass is 265 g/mol. The van der Waals surface area contributed by atoms with Gasteiger partial charge in [-0.1, -0.05) is 6.92 Å². The molecule has 1 aliphatic heterocycles. The van der Waals surface area contributed by atoms with Crippen LogP contribution in [0.25, 0.3) is 0 Å². The van der Waals surface area contributed by atoms with Gasteiger partial charge in [0.25, 0.3) is 5.91 Å². The fraction of sp³-hybridized carbons (Fsp3) is 0.533. The number of benzene rings is 1. The number of hydrogen-bond acceptors (Lipinski definition) is 2. The van der Waals surface area contributed by atoms with Crippen LogP contribution in [0.4, 0.5) is 4.39 Å². The normalized spacial score (nSPS) is 18.1. The number of carbonyl (C=O) groups excluding carboxylic acids is 1. The average Bonchev–Trinajstić information content (AvgIpc) is 2.40. The first kappa shape index (κ1) is 14.0. The third kappa shape index (κ3) is 3.53. The van der Waals surface area contributed by atoms with Crippen LogP contribution < -0.4 is 5.32 Å². The SMILES string of the molecule is Cc1cc(C(=O)NCC2(C)CCOCC2)ccc1F. The first-order valence-corrected chi connectivity index (χ1v) is 6.62. The number of nitrogens with one attached hydrogen (secondary N) is 1. The number of amides is 1. The van der Waals surface area contributed by atoms with Gasteiger partial charge >= 0.3 is 0 Å². The molecule has 0 atom stereocenters. The molecule has 4 heteroatoms. The zero-order chi connectivity index (χ0) is 13.9. The van der Waals surface area contributed by atoms with Crippen molar-refractivity contribution < 1.29 is 13.9 Å². The Kier molecular flexibility index (Phi) is 4.20. The molecule has 0 unspecified atom stereocenters. The second kappa shape index (κ2) is 5.70. The lowest BCUT2D eigenvalue weighted by Crippen LogP contribution is -2.39. The molecule has 1 amide bonds. The molecule has 0 aliphatic carbocycles. The third-order valence-electron chi connectivity index (χ3n) is 3.80. The van der Waals surface area contributed by atoms with Crippen molar-refractivity contribution in [3.8, 4) is 0 Å². The van der Waals surface area contributed by atoms with Crippen molar-refractivity contribution in [1.29, 1.82) is 0 Å². The van der Waals surface area contributed by atoms with Crippen molar-refractivity contribution in [3.05, 3.63) is 35.1 Å². The Hall–Kier alpha value is -1.42. The van der Waals surface area contributed by atoms with Crippen LogP contribution in [0.5, 0.6) is 0 Å². The minimum Gasteiger partial charge on any atom is -0.381 e. The van der Waals surface area contributed by atoms with Gasteiger partial charge in [0.15, 0.2) is 0 Å². The first-order valence-electron chi connectivity index (χ1n) is 6.62. The lowest BCUT2D eigenvalue weighted by Gasteiger charge is -2.33. The highest BCUT2D eigenvalue weighted by Crippen LogP contribution is 2.28. The molecule has 1 fully saturated rings. The summed E-state index contributed by atoms with van der Waals surface area (Å²) in [7, 11) is 0. The largest absolute Gasteiger partial charge is 0.381 e. The van der Waals surface area contributed by atoms with E-state index in [1.807, 2.05) is 0 Å². The molecule has 0 aromatic heterocycles. The zero-order valence-corrected chi connectivity index (χ0v) is 11.5. The Morgan fingerprint density at radius 1 is 1.42 bits per heavy atom. The molecule has 1 N–H and O–H groups in total. The second-order valence-electron chi connectivity index (χ2n) is 5.57. The van der Waals surface area contributed by atoms with Crippen LogP contribution >= 0.6 is 0 Å². The maximum Gasteiger partial charge on any atom is 0.251 e. The van der Waals surface area contributed by atoms with E-state index in [2.05, 4.69) is 12.2 Å². The topological polar surface area (TPSA) is 38.3 Å². The summed E-state index contributed by atoms with van der Waals surface area (Å²) >= 11 is 0. The quantitative estimate of drug-likeness (QED) is 0.912. The average molecular weight is 265 g/mol. The van der Waals surface area contributed by atoms with Crippen LogP contribution in [-0.4, -0.2) is 25.7 Å². The van der Waals surface area contributed by atoms with E-state index in [0.29, 0.717) is 17.7 Å². The van der Waals surface area contributed by atoms with E-state index in [1.54, 1.807) is 13.0 Å². The summed E-state index contributed by atoms with van der Waals surface area (Å²) in [5.74, 6) is -0.427. The molecule has 0 spiro atoms. The van der Waals surface area contributed by atoms with E-state index in [0.717, 1.165) is 26.1 Å². The molecule has 1 saturated heterocycles. The summed E-state index contributed by atoms with van der Waals surface area (Å²) in [5, 5.41) is 2.94. The maximum atomic E-state index is 13.2. The second-order valence-corrected chi connectivity index (χ2v) is 5.57. The van der Waals surface area contributed by atoms with E-state index in [4.69, 9.17) is 4.74 Å². The number of ether oxygens (including phenoxy) is 1. The van der Waals surface area contributed by atoms with Crippen molar-refractivity contribution in [1.82, 2.24) is 5.32 Å². The minimum absolute atomic E-state index is 0.100. The van der Waals surface area contributed by atoms with Gasteiger partial charge < -0.3 is 10.1 Å². The van der Waals surface area contributed by atoms with Crippen LogP contribution in [0.1, 0.15) is 35.7 Å². The Bertz CT molecular complexity index is 467. The van der Waals surface area contributed by atoms with Crippen molar-refractivity contribution in [2.75, 3.05) is 19.8 Å². The molecule has 3 nitrogen and oxygen atoms in total. The summed E-state index contributed by atoms with van der Waals surface area (Å²) in [6, 6.07) is 4.43. The van der Waals surface area contributed by atoms with Crippen LogP contribution in [-0.2, 0) is 4.74 Å². The summed E-state index contributed by atoms with van der Waals surface area (Å²) in [6.07, 6.45) is 1.91. The van der Waals surface area contributed by atoms with Gasteiger partial charge in [-0.2, -0.15) is 0 Å². The molecule has 0 saturated carbocycles. The smallest absolute Gasteiger partial charge is 0.251 e. The van der Waals surface area contributed by atoms with Crippen molar-refractivity contribution in [2.45, 2.75) is 26.7 Å². The van der Waals surface area contributed by atoms with E-state index in [-0.39, 0.29) is 17.1 Å². The molecule has 1 aromatic rings. The van der Waals surface area contributed by atoms with Gasteiger partial charge in [0, 0.05) is 25.3 Å². The molecule has 0 bridgehead atoms. The van der Waals surface area contributed by atoms with Crippen LogP contribution in [0, 0.1) is 18.2 Å². The van der Waals surface area contributed by atoms with E-state index in [1.165, 1.54) is 12.1 Å². The predicted molar refractivity (Wildman–Crippen MR) is 71.6 cm³/mol. The highest BCUT2D eigenvalue weighted by Gasteiger charge is 2.27. The standard InChI is InChI=1S/C15H20FNO2/c1-11-9-12(3-4-13(11)16)14(18)17-10-15(2)5-7-19-8-6-15/h3-4,9H,5-8,10H2,1-2H3,(H,17,18). The third-order valence-corrected chi connectivity index (χ3v) is 3.80. The van der Waals surface area contributed by atoms with Gasteiger partial charge in [-0.15, -0.1) is 0 Å². The fourth-order valence-electron chi connectivity index (χ4n) is 2.22. The number of carbonyl (C=O) groups is 1. The van der Waals surface area contributed by atoms with Crippen LogP contribution in [0.3, 0.4) is 0 Å². The fourth-order valence-corrected chi connectivity index (χ4v) is 2.22. The lowest BCUT2D eigenvalue weighted by atomic mass is 9.82. The molecule has 19 heavy (non-hydrogen) atoms. The Morgan fingerprint density at radius 2 is 2.11 bits per heavy atom. The Morgan fingerprint density at radius 3 is 2.74 bits per heavy atom. The Balaban J connectivity index is 1.95. The number of halogens is 1. The Labute approximate surface area is 113 Å². The van der Waals surface area contributed by atoms with Gasteiger partial charge in [-0.05, 0) is 48.9 Å². The minimum atomic E-state index is -0.284. The molecular weight excluding hydrogens is 245 g/mol. The van der Waals surface area contributed by atoms with Gasteiger partial charge in [-0.25, -0.2) is 4.39 Å². The van der Waals surface area contributed by atoms with Gasteiger partial charge in [0.05, 0.1) is 0 Å². The van der Waals surface area contributed by atoms with Gasteiger partial charge in [0.2, 0.25) is 0 Å². The summed E-state index contributed by atoms with van der Waals surface area (Å²) in [4.78, 5) is 12.0. The van der Waals surface area contributed by atoms with Gasteiger partial charge in [-0.3, -0.25) is 4.79 Å². The molecule has 1 aliphatic rings. The number of rotatable bonds is 3. The molecule has 0 radical (unpaired) electrons. The van der Waals surface area contributed by atoms with Crippen molar-refractivity contribution in [2.24, 2.45) is 5.41 Å². The van der Waals surface area contributed by atoms with Crippen LogP contribution in [0.2, 0.25) is 0 Å². The van der Waals surface area contributed by atoms with Crippen molar-refractivity contribution >= 4 is 5.91 Å². The molecule has 104 valence electrons. The van der Waals surface area contributed by atoms with E-state index in [9.17, 15) is 9.18 Å². The summed E-state index contributed by atoms with van der Waals surface area (Å²) < 4.78 is 18.5. The summed E-state index contributed by atoms with van der Waals surface area (Å²) in [5.41, 5.74) is 1.10. The summed E-state index contributed by atoms with van der Waals surface area (Å²) in [6.45, 7) is 5.95. The zero-order valence-electron chi connectivity index (χ0n) is 11.5. The maximum absolute atomic E-state index is 13.2. The van der Waals surface area contributed by atoms with E-state index < -0.39 is 0 Å². The first-order chi connectivity index (χ1) is 9.00.